The highest BCUT2D eigenvalue weighted by molar-refractivity contribution is 6.15. The van der Waals surface area contributed by atoms with Crippen LogP contribution in [0.5, 0.6) is 11.5 Å². The molecule has 1 fully saturated rings. The number of nitrogens with zero attached hydrogens (tertiary/aromatic N) is 2. The number of benzene rings is 3. The smallest absolute Gasteiger partial charge is 0.255 e. The zero-order chi connectivity index (χ0) is 22.8. The molecule has 1 atom stereocenters. The average Bonchev–Trinajstić information content (AvgIpc) is 2.81. The summed E-state index contributed by atoms with van der Waals surface area (Å²) in [7, 11) is 3.18. The molecule has 1 heterocycles. The molecule has 0 unspecified atom stereocenters. The van der Waals surface area contributed by atoms with Gasteiger partial charge in [-0.3, -0.25) is 14.5 Å². The van der Waals surface area contributed by atoms with E-state index in [0.717, 1.165) is 22.4 Å². The summed E-state index contributed by atoms with van der Waals surface area (Å²) in [5.41, 5.74) is 4.07. The molecule has 0 radical (unpaired) electrons. The summed E-state index contributed by atoms with van der Waals surface area (Å²) in [6.45, 7) is 3.89. The van der Waals surface area contributed by atoms with Crippen LogP contribution in [0.15, 0.2) is 66.7 Å². The summed E-state index contributed by atoms with van der Waals surface area (Å²) in [5.74, 6) is 1.06. The highest BCUT2D eigenvalue weighted by Gasteiger charge is 2.42. The van der Waals surface area contributed by atoms with E-state index in [9.17, 15) is 9.59 Å². The van der Waals surface area contributed by atoms with Crippen LogP contribution in [-0.4, -0.2) is 32.6 Å². The lowest BCUT2D eigenvalue weighted by Gasteiger charge is -2.41. The third-order valence-electron chi connectivity index (χ3n) is 5.81. The molecular formula is C26H26N2O4. The molecule has 0 aliphatic carbocycles. The lowest BCUT2D eigenvalue weighted by molar-refractivity contribution is -0.128. The number of ether oxygens (including phenoxy) is 2. The number of aryl methyl sites for hydroxylation is 2. The van der Waals surface area contributed by atoms with Crippen LogP contribution < -0.4 is 19.3 Å². The van der Waals surface area contributed by atoms with Crippen LogP contribution in [0, 0.1) is 13.8 Å². The van der Waals surface area contributed by atoms with Crippen molar-refractivity contribution in [2.24, 2.45) is 0 Å². The van der Waals surface area contributed by atoms with Crippen molar-refractivity contribution >= 4 is 23.2 Å². The Balaban J connectivity index is 1.83. The molecule has 6 heteroatoms. The number of rotatable bonds is 5. The predicted octanol–water partition coefficient (Wildman–Crippen LogP) is 4.44. The third-order valence-corrected chi connectivity index (χ3v) is 5.81. The summed E-state index contributed by atoms with van der Waals surface area (Å²) in [5, 5.41) is 0. The Bertz CT molecular complexity index is 1120. The second-order valence-electron chi connectivity index (χ2n) is 7.80. The molecule has 4 rings (SSSR count). The van der Waals surface area contributed by atoms with Crippen LogP contribution in [0.25, 0.3) is 0 Å². The van der Waals surface area contributed by atoms with Gasteiger partial charge in [0.05, 0.1) is 19.9 Å². The molecule has 3 aromatic rings. The molecular weight excluding hydrogens is 404 g/mol. The molecule has 6 nitrogen and oxygen atoms in total. The first-order chi connectivity index (χ1) is 15.4. The van der Waals surface area contributed by atoms with E-state index in [4.69, 9.17) is 9.47 Å². The summed E-state index contributed by atoms with van der Waals surface area (Å²) in [6, 6.07) is 19.5. The van der Waals surface area contributed by atoms with Crippen molar-refractivity contribution < 1.29 is 19.1 Å². The van der Waals surface area contributed by atoms with Gasteiger partial charge in [0.1, 0.15) is 24.1 Å². The first-order valence-electron chi connectivity index (χ1n) is 10.4. The first kappa shape index (κ1) is 21.4. The van der Waals surface area contributed by atoms with Gasteiger partial charge in [-0.15, -0.1) is 0 Å². The van der Waals surface area contributed by atoms with E-state index < -0.39 is 6.04 Å². The molecule has 2 amide bonds. The van der Waals surface area contributed by atoms with E-state index in [1.54, 1.807) is 60.4 Å². The van der Waals surface area contributed by atoms with Gasteiger partial charge in [-0.1, -0.05) is 30.3 Å². The fraction of sp³-hybridized carbons (Fsp3) is 0.231. The summed E-state index contributed by atoms with van der Waals surface area (Å²) in [4.78, 5) is 30.6. The van der Waals surface area contributed by atoms with Gasteiger partial charge in [-0.2, -0.15) is 0 Å². The Morgan fingerprint density at radius 3 is 1.84 bits per heavy atom. The Morgan fingerprint density at radius 1 is 0.781 bits per heavy atom. The van der Waals surface area contributed by atoms with Gasteiger partial charge in [-0.05, 0) is 66.9 Å². The number of amides is 2. The van der Waals surface area contributed by atoms with Gasteiger partial charge >= 0.3 is 0 Å². The largest absolute Gasteiger partial charge is 0.497 e. The number of methoxy groups -OCH3 is 2. The monoisotopic (exact) mass is 430 g/mol. The molecule has 1 saturated heterocycles. The Morgan fingerprint density at radius 2 is 1.31 bits per heavy atom. The van der Waals surface area contributed by atoms with E-state index in [0.29, 0.717) is 17.2 Å². The first-order valence-corrected chi connectivity index (χ1v) is 10.4. The Kier molecular flexibility index (Phi) is 5.86. The average molecular weight is 431 g/mol. The predicted molar refractivity (Wildman–Crippen MR) is 124 cm³/mol. The van der Waals surface area contributed by atoms with E-state index in [1.165, 1.54) is 0 Å². The van der Waals surface area contributed by atoms with Crippen molar-refractivity contribution in [2.45, 2.75) is 19.9 Å². The molecule has 32 heavy (non-hydrogen) atoms. The quantitative estimate of drug-likeness (QED) is 0.600. The Hall–Kier alpha value is -3.80. The Labute approximate surface area is 188 Å². The number of anilines is 2. The molecule has 3 aromatic carbocycles. The number of carbonyl (C=O) groups excluding carboxylic acids is 2. The number of piperazine rings is 1. The minimum Gasteiger partial charge on any atom is -0.497 e. The highest BCUT2D eigenvalue weighted by Crippen LogP contribution is 2.37. The standard InChI is InChI=1S/C26H26N2O4/c1-17-6-5-7-18(2)24(17)27-16-23(29)28(20-10-14-22(32-4)15-11-20)25(26(27)30)19-8-12-21(31-3)13-9-19/h5-15,25H,16H2,1-4H3/t25-/m1/s1. The maximum atomic E-state index is 13.9. The zero-order valence-electron chi connectivity index (χ0n) is 18.7. The van der Waals surface area contributed by atoms with Gasteiger partial charge in [0, 0.05) is 5.69 Å². The fourth-order valence-electron chi connectivity index (χ4n) is 4.23. The van der Waals surface area contributed by atoms with Crippen molar-refractivity contribution in [3.63, 3.8) is 0 Å². The number of hydrogen-bond acceptors (Lipinski definition) is 4. The van der Waals surface area contributed by atoms with Crippen LogP contribution in [0.1, 0.15) is 22.7 Å². The maximum absolute atomic E-state index is 13.9. The third kappa shape index (κ3) is 3.80. The maximum Gasteiger partial charge on any atom is 0.255 e. The van der Waals surface area contributed by atoms with Crippen LogP contribution in [0.3, 0.4) is 0 Å². The molecule has 1 aliphatic heterocycles. The van der Waals surface area contributed by atoms with Crippen molar-refractivity contribution in [1.29, 1.82) is 0 Å². The molecule has 0 spiro atoms. The lowest BCUT2D eigenvalue weighted by Crippen LogP contribution is -2.56. The number of hydrogen-bond donors (Lipinski definition) is 0. The molecule has 0 bridgehead atoms. The van der Waals surface area contributed by atoms with E-state index in [-0.39, 0.29) is 18.4 Å². The number of carbonyl (C=O) groups is 2. The van der Waals surface area contributed by atoms with E-state index >= 15 is 0 Å². The second-order valence-corrected chi connectivity index (χ2v) is 7.80. The topological polar surface area (TPSA) is 59.1 Å². The normalized spacial score (nSPS) is 16.3. The van der Waals surface area contributed by atoms with Gasteiger partial charge in [-0.25, -0.2) is 0 Å². The van der Waals surface area contributed by atoms with Crippen LogP contribution >= 0.6 is 0 Å². The van der Waals surface area contributed by atoms with Crippen molar-refractivity contribution in [2.75, 3.05) is 30.6 Å². The van der Waals surface area contributed by atoms with Gasteiger partial charge in [0.15, 0.2) is 0 Å². The summed E-state index contributed by atoms with van der Waals surface area (Å²) < 4.78 is 10.5. The van der Waals surface area contributed by atoms with Crippen LogP contribution in [-0.2, 0) is 9.59 Å². The van der Waals surface area contributed by atoms with Crippen molar-refractivity contribution in [3.05, 3.63) is 83.4 Å². The molecule has 1 aliphatic rings. The lowest BCUT2D eigenvalue weighted by atomic mass is 9.97. The molecule has 164 valence electrons. The minimum absolute atomic E-state index is 0.0246. The summed E-state index contributed by atoms with van der Waals surface area (Å²) in [6.07, 6.45) is 0. The van der Waals surface area contributed by atoms with E-state index in [2.05, 4.69) is 0 Å². The van der Waals surface area contributed by atoms with E-state index in [1.807, 2.05) is 44.2 Å². The van der Waals surface area contributed by atoms with Gasteiger partial charge < -0.3 is 14.4 Å². The molecule has 0 aromatic heterocycles. The molecule has 0 saturated carbocycles. The minimum atomic E-state index is -0.797. The van der Waals surface area contributed by atoms with Crippen molar-refractivity contribution in [3.8, 4) is 11.5 Å². The fourth-order valence-corrected chi connectivity index (χ4v) is 4.23. The second kappa shape index (κ2) is 8.75. The van der Waals surface area contributed by atoms with Crippen LogP contribution in [0.4, 0.5) is 11.4 Å². The van der Waals surface area contributed by atoms with Gasteiger partial charge in [0.2, 0.25) is 5.91 Å². The number of para-hydroxylation sites is 1. The zero-order valence-corrected chi connectivity index (χ0v) is 18.7. The van der Waals surface area contributed by atoms with Crippen molar-refractivity contribution in [1.82, 2.24) is 0 Å². The van der Waals surface area contributed by atoms with Crippen LogP contribution in [0.2, 0.25) is 0 Å². The summed E-state index contributed by atoms with van der Waals surface area (Å²) >= 11 is 0. The SMILES string of the molecule is COc1ccc([C@@H]2C(=O)N(c3c(C)cccc3C)CC(=O)N2c2ccc(OC)cc2)cc1. The highest BCUT2D eigenvalue weighted by atomic mass is 16.5. The van der Waals surface area contributed by atoms with Gasteiger partial charge in [0.25, 0.3) is 5.91 Å². The molecule has 0 N–H and O–H groups in total.